The van der Waals surface area contributed by atoms with Crippen molar-refractivity contribution in [3.05, 3.63) is 53.7 Å². The molecule has 3 atom stereocenters. The van der Waals surface area contributed by atoms with Gasteiger partial charge in [0, 0.05) is 17.2 Å². The van der Waals surface area contributed by atoms with Gasteiger partial charge in [0.2, 0.25) is 0 Å². The van der Waals surface area contributed by atoms with Gasteiger partial charge in [-0.25, -0.2) is 13.8 Å². The van der Waals surface area contributed by atoms with Gasteiger partial charge in [-0.1, -0.05) is 13.8 Å². The van der Waals surface area contributed by atoms with Gasteiger partial charge in [0.25, 0.3) is 5.88 Å². The van der Waals surface area contributed by atoms with Crippen molar-refractivity contribution in [3.8, 4) is 11.6 Å². The lowest BCUT2D eigenvalue weighted by Crippen LogP contribution is -2.54. The van der Waals surface area contributed by atoms with Gasteiger partial charge in [0.05, 0.1) is 12.7 Å². The largest absolute Gasteiger partial charge is 0.436 e. The summed E-state index contributed by atoms with van der Waals surface area (Å²) < 4.78 is 40.5. The summed E-state index contributed by atoms with van der Waals surface area (Å²) in [7, 11) is 0. The van der Waals surface area contributed by atoms with Crippen molar-refractivity contribution >= 4 is 5.84 Å². The molecule has 2 aromatic rings. The van der Waals surface area contributed by atoms with Crippen LogP contribution in [-0.2, 0) is 10.3 Å². The first kappa shape index (κ1) is 19.8. The lowest BCUT2D eigenvalue weighted by Gasteiger charge is -2.50. The van der Waals surface area contributed by atoms with Crippen molar-refractivity contribution in [1.82, 2.24) is 4.98 Å². The van der Waals surface area contributed by atoms with Crippen LogP contribution in [0.25, 0.3) is 0 Å². The zero-order chi connectivity index (χ0) is 20.8. The number of nitrogens with two attached hydrogens (primary N) is 1. The first-order chi connectivity index (χ1) is 13.7. The highest BCUT2D eigenvalue weighted by Crippen LogP contribution is 2.51. The van der Waals surface area contributed by atoms with Crippen LogP contribution in [0, 0.1) is 23.0 Å². The third kappa shape index (κ3) is 3.48. The summed E-state index contributed by atoms with van der Waals surface area (Å²) in [6, 6.07) is 7.05. The number of aromatic nitrogens is 1. The van der Waals surface area contributed by atoms with E-state index in [4.69, 9.17) is 20.2 Å². The maximum Gasteiger partial charge on any atom is 0.255 e. The average molecular weight is 401 g/mol. The maximum absolute atomic E-state index is 15.0. The Balaban J connectivity index is 1.79. The van der Waals surface area contributed by atoms with Crippen molar-refractivity contribution in [1.29, 1.82) is 0 Å². The topological polar surface area (TPSA) is 69.7 Å². The number of halogens is 2. The number of ether oxygens (including phenoxy) is 2. The first-order valence-electron chi connectivity index (χ1n) is 9.77. The van der Waals surface area contributed by atoms with Crippen molar-refractivity contribution in [3.63, 3.8) is 0 Å². The Bertz CT molecular complexity index is 963. The molecular weight excluding hydrogens is 376 g/mol. The van der Waals surface area contributed by atoms with Gasteiger partial charge in [0.1, 0.15) is 22.9 Å². The van der Waals surface area contributed by atoms with Crippen LogP contribution in [0.5, 0.6) is 11.6 Å². The standard InChI is InChI=1S/C22H25F2N3O2/c1-13-9-14-11-21(2,3)20(25)27-22(14,12-28-13)16-10-15(6-7-17(16)23)29-19-18(24)5-4-8-26-19/h4-8,10,13-14H,9,11-12H2,1-3H3,(H2,25,27)/t13-,14-,22-/m0/s1. The van der Waals surface area contributed by atoms with Gasteiger partial charge in [-0.2, -0.15) is 0 Å². The van der Waals surface area contributed by atoms with Crippen LogP contribution < -0.4 is 10.5 Å². The Morgan fingerprint density at radius 3 is 2.76 bits per heavy atom. The first-order valence-corrected chi connectivity index (χ1v) is 9.77. The number of hydrogen-bond acceptors (Lipinski definition) is 5. The second kappa shape index (κ2) is 7.06. The molecule has 5 nitrogen and oxygen atoms in total. The molecule has 2 aliphatic heterocycles. The SMILES string of the molecule is C[C@H]1C[C@H]2CC(C)(C)C(N)=N[C@@]2(c2cc(Oc3ncccc3F)ccc2F)CO1. The molecule has 0 bridgehead atoms. The van der Waals surface area contributed by atoms with Gasteiger partial charge < -0.3 is 15.2 Å². The summed E-state index contributed by atoms with van der Waals surface area (Å²) in [5.74, 6) is -0.354. The van der Waals surface area contributed by atoms with E-state index in [2.05, 4.69) is 18.8 Å². The highest BCUT2D eigenvalue weighted by molar-refractivity contribution is 5.87. The molecule has 0 amide bonds. The molecular formula is C22H25F2N3O2. The van der Waals surface area contributed by atoms with Gasteiger partial charge in [-0.15, -0.1) is 0 Å². The minimum absolute atomic E-state index is 0.0588. The molecule has 154 valence electrons. The zero-order valence-electron chi connectivity index (χ0n) is 16.8. The molecule has 2 aliphatic rings. The summed E-state index contributed by atoms with van der Waals surface area (Å²) in [6.45, 7) is 6.34. The molecule has 29 heavy (non-hydrogen) atoms. The summed E-state index contributed by atoms with van der Waals surface area (Å²) >= 11 is 0. The summed E-state index contributed by atoms with van der Waals surface area (Å²) in [5, 5.41) is 0. The molecule has 2 N–H and O–H groups in total. The fraction of sp³-hybridized carbons (Fsp3) is 0.455. The molecule has 1 aromatic heterocycles. The molecule has 3 heterocycles. The van der Waals surface area contributed by atoms with Crippen LogP contribution in [0.15, 0.2) is 41.5 Å². The molecule has 0 saturated carbocycles. The minimum Gasteiger partial charge on any atom is -0.436 e. The highest BCUT2D eigenvalue weighted by Gasteiger charge is 2.52. The van der Waals surface area contributed by atoms with Crippen LogP contribution >= 0.6 is 0 Å². The molecule has 1 fully saturated rings. The number of benzene rings is 1. The quantitative estimate of drug-likeness (QED) is 0.819. The smallest absolute Gasteiger partial charge is 0.255 e. The van der Waals surface area contributed by atoms with E-state index in [1.807, 2.05) is 6.92 Å². The number of nitrogens with zero attached hydrogens (tertiary/aromatic N) is 2. The number of amidine groups is 1. The Labute approximate surface area is 169 Å². The lowest BCUT2D eigenvalue weighted by molar-refractivity contribution is -0.0657. The van der Waals surface area contributed by atoms with E-state index in [9.17, 15) is 4.39 Å². The monoisotopic (exact) mass is 401 g/mol. The number of rotatable bonds is 3. The van der Waals surface area contributed by atoms with Gasteiger partial charge >= 0.3 is 0 Å². The van der Waals surface area contributed by atoms with Gasteiger partial charge in [-0.05, 0) is 56.0 Å². The fourth-order valence-corrected chi connectivity index (χ4v) is 4.33. The number of fused-ring (bicyclic) bond motifs is 1. The molecule has 0 unspecified atom stereocenters. The van der Waals surface area contributed by atoms with E-state index in [0.29, 0.717) is 11.4 Å². The van der Waals surface area contributed by atoms with E-state index < -0.39 is 17.2 Å². The Kier molecular flexibility index (Phi) is 4.81. The third-order valence-electron chi connectivity index (χ3n) is 5.99. The second-order valence-electron chi connectivity index (χ2n) is 8.60. The molecule has 0 aliphatic carbocycles. The van der Waals surface area contributed by atoms with Crippen molar-refractivity contribution in [2.45, 2.75) is 45.3 Å². The molecule has 0 spiro atoms. The summed E-state index contributed by atoms with van der Waals surface area (Å²) in [6.07, 6.45) is 3.01. The van der Waals surface area contributed by atoms with Gasteiger partial charge in [-0.3, -0.25) is 4.99 Å². The fourth-order valence-electron chi connectivity index (χ4n) is 4.33. The minimum atomic E-state index is -0.932. The van der Waals surface area contributed by atoms with E-state index in [1.54, 1.807) is 6.07 Å². The lowest BCUT2D eigenvalue weighted by atomic mass is 9.65. The van der Waals surface area contributed by atoms with Crippen LogP contribution in [0.2, 0.25) is 0 Å². The van der Waals surface area contributed by atoms with Gasteiger partial charge in [0.15, 0.2) is 5.82 Å². The molecule has 4 rings (SSSR count). The second-order valence-corrected chi connectivity index (χ2v) is 8.60. The maximum atomic E-state index is 15.0. The van der Waals surface area contributed by atoms with Crippen molar-refractivity contribution in [2.24, 2.45) is 22.1 Å². The zero-order valence-corrected chi connectivity index (χ0v) is 16.8. The highest BCUT2D eigenvalue weighted by atomic mass is 19.1. The average Bonchev–Trinajstić information content (AvgIpc) is 2.66. The van der Waals surface area contributed by atoms with Crippen molar-refractivity contribution < 1.29 is 18.3 Å². The Morgan fingerprint density at radius 1 is 1.21 bits per heavy atom. The van der Waals surface area contributed by atoms with Crippen LogP contribution in [-0.4, -0.2) is 23.5 Å². The summed E-state index contributed by atoms with van der Waals surface area (Å²) in [5.41, 5.74) is 5.43. The Hall–Kier alpha value is -2.54. The number of pyridine rings is 1. The van der Waals surface area contributed by atoms with Crippen molar-refractivity contribution in [2.75, 3.05) is 6.61 Å². The van der Waals surface area contributed by atoms with E-state index in [1.165, 1.54) is 30.5 Å². The third-order valence-corrected chi connectivity index (χ3v) is 5.99. The van der Waals surface area contributed by atoms with E-state index in [-0.39, 0.29) is 35.7 Å². The predicted octanol–water partition coefficient (Wildman–Crippen LogP) is 4.56. The molecule has 7 heteroatoms. The predicted molar refractivity (Wildman–Crippen MR) is 106 cm³/mol. The molecule has 1 saturated heterocycles. The molecule has 0 radical (unpaired) electrons. The molecule has 1 aromatic carbocycles. The number of hydrogen-bond donors (Lipinski definition) is 1. The normalized spacial score (nSPS) is 28.4. The number of aliphatic imine (C=N–C) groups is 1. The Morgan fingerprint density at radius 2 is 2.00 bits per heavy atom. The summed E-state index contributed by atoms with van der Waals surface area (Å²) in [4.78, 5) is 8.70. The van der Waals surface area contributed by atoms with Crippen LogP contribution in [0.1, 0.15) is 39.2 Å². The van der Waals surface area contributed by atoms with E-state index in [0.717, 1.165) is 12.8 Å². The van der Waals surface area contributed by atoms with E-state index >= 15 is 4.39 Å². The van der Waals surface area contributed by atoms with Crippen LogP contribution in [0.3, 0.4) is 0 Å². The van der Waals surface area contributed by atoms with Crippen LogP contribution in [0.4, 0.5) is 8.78 Å².